The predicted octanol–water partition coefficient (Wildman–Crippen LogP) is 3.23. The number of nitrogens with zero attached hydrogens (tertiary/aromatic N) is 1. The van der Waals surface area contributed by atoms with Crippen LogP contribution < -0.4 is 4.74 Å². The van der Waals surface area contributed by atoms with Crippen LogP contribution >= 0.6 is 15.9 Å². The van der Waals surface area contributed by atoms with Crippen LogP contribution in [0.4, 0.5) is 0 Å². The Morgan fingerprint density at radius 2 is 1.83 bits per heavy atom. The molecule has 1 aliphatic heterocycles. The van der Waals surface area contributed by atoms with Gasteiger partial charge in [-0.2, -0.15) is 0 Å². The van der Waals surface area contributed by atoms with Gasteiger partial charge in [-0.25, -0.2) is 0 Å². The number of rotatable bonds is 6. The SMILES string of the molecule is COCCN1C(=O)C(=O)/C(=C(\O)c2ccc(OC)c(Br)c2)C1c1ccc(O)cc1. The Hall–Kier alpha value is -2.84. The van der Waals surface area contributed by atoms with Gasteiger partial charge in [0, 0.05) is 19.2 Å². The summed E-state index contributed by atoms with van der Waals surface area (Å²) in [5.41, 5.74) is 0.937. The van der Waals surface area contributed by atoms with E-state index < -0.39 is 17.7 Å². The van der Waals surface area contributed by atoms with Crippen LogP contribution in [0.15, 0.2) is 52.5 Å². The first kappa shape index (κ1) is 20.9. The van der Waals surface area contributed by atoms with E-state index in [1.54, 1.807) is 30.3 Å². The third-order valence-electron chi connectivity index (χ3n) is 4.71. The number of halogens is 1. The highest BCUT2D eigenvalue weighted by atomic mass is 79.9. The van der Waals surface area contributed by atoms with Gasteiger partial charge in [-0.3, -0.25) is 9.59 Å². The Bertz CT molecular complexity index is 970. The summed E-state index contributed by atoms with van der Waals surface area (Å²) in [5, 5.41) is 20.6. The van der Waals surface area contributed by atoms with Crippen molar-refractivity contribution in [1.29, 1.82) is 0 Å². The fraction of sp³-hybridized carbons (Fsp3) is 0.238. The number of carbonyl (C=O) groups excluding carboxylic acids is 2. The second kappa shape index (κ2) is 8.67. The summed E-state index contributed by atoms with van der Waals surface area (Å²) in [6.07, 6.45) is 0. The van der Waals surface area contributed by atoms with Crippen molar-refractivity contribution >= 4 is 33.4 Å². The number of hydrogen-bond acceptors (Lipinski definition) is 6. The third-order valence-corrected chi connectivity index (χ3v) is 5.33. The zero-order valence-electron chi connectivity index (χ0n) is 15.9. The first-order valence-corrected chi connectivity index (χ1v) is 9.58. The van der Waals surface area contributed by atoms with E-state index in [2.05, 4.69) is 15.9 Å². The molecule has 152 valence electrons. The number of benzene rings is 2. The number of ether oxygens (including phenoxy) is 2. The minimum atomic E-state index is -0.799. The van der Waals surface area contributed by atoms with Gasteiger partial charge in [0.1, 0.15) is 17.3 Å². The van der Waals surface area contributed by atoms with Crippen molar-refractivity contribution in [3.05, 3.63) is 63.6 Å². The number of carbonyl (C=O) groups is 2. The van der Waals surface area contributed by atoms with E-state index in [0.29, 0.717) is 21.3 Å². The van der Waals surface area contributed by atoms with Crippen molar-refractivity contribution in [2.24, 2.45) is 0 Å². The summed E-state index contributed by atoms with van der Waals surface area (Å²) in [5.74, 6) is -1.15. The fourth-order valence-corrected chi connectivity index (χ4v) is 3.81. The normalized spacial score (nSPS) is 18.3. The summed E-state index contributed by atoms with van der Waals surface area (Å²) in [4.78, 5) is 26.9. The van der Waals surface area contributed by atoms with E-state index in [4.69, 9.17) is 9.47 Å². The molecule has 2 aromatic rings. The number of aliphatic hydroxyl groups is 1. The minimum absolute atomic E-state index is 0.0196. The van der Waals surface area contributed by atoms with Crippen LogP contribution in [-0.4, -0.2) is 54.2 Å². The molecule has 1 heterocycles. The van der Waals surface area contributed by atoms with Crippen LogP contribution in [0.25, 0.3) is 5.76 Å². The average molecular weight is 462 g/mol. The summed E-state index contributed by atoms with van der Waals surface area (Å²) < 4.78 is 10.9. The maximum atomic E-state index is 12.8. The van der Waals surface area contributed by atoms with Gasteiger partial charge >= 0.3 is 0 Å². The van der Waals surface area contributed by atoms with Crippen LogP contribution in [0.1, 0.15) is 17.2 Å². The largest absolute Gasteiger partial charge is 0.508 e. The molecule has 1 amide bonds. The van der Waals surface area contributed by atoms with Crippen molar-refractivity contribution in [1.82, 2.24) is 4.90 Å². The number of hydrogen-bond donors (Lipinski definition) is 2. The van der Waals surface area contributed by atoms with Gasteiger partial charge in [0.05, 0.1) is 29.8 Å². The van der Waals surface area contributed by atoms with Crippen molar-refractivity contribution in [2.45, 2.75) is 6.04 Å². The van der Waals surface area contributed by atoms with Gasteiger partial charge in [-0.15, -0.1) is 0 Å². The van der Waals surface area contributed by atoms with E-state index in [1.165, 1.54) is 31.3 Å². The predicted molar refractivity (Wildman–Crippen MR) is 110 cm³/mol. The molecular formula is C21H20BrNO6. The van der Waals surface area contributed by atoms with Crippen LogP contribution in [0.5, 0.6) is 11.5 Å². The maximum Gasteiger partial charge on any atom is 0.295 e. The van der Waals surface area contributed by atoms with E-state index in [9.17, 15) is 19.8 Å². The molecule has 0 bridgehead atoms. The first-order valence-electron chi connectivity index (χ1n) is 8.79. The molecular weight excluding hydrogens is 442 g/mol. The molecule has 1 saturated heterocycles. The lowest BCUT2D eigenvalue weighted by Crippen LogP contribution is -2.32. The second-order valence-electron chi connectivity index (χ2n) is 6.43. The molecule has 1 atom stereocenters. The van der Waals surface area contributed by atoms with Crippen molar-refractivity contribution < 1.29 is 29.3 Å². The quantitative estimate of drug-likeness (QED) is 0.389. The number of phenols is 1. The van der Waals surface area contributed by atoms with Crippen LogP contribution in [0.2, 0.25) is 0 Å². The molecule has 0 spiro atoms. The van der Waals surface area contributed by atoms with E-state index in [0.717, 1.165) is 0 Å². The van der Waals surface area contributed by atoms with E-state index >= 15 is 0 Å². The first-order chi connectivity index (χ1) is 13.9. The number of aromatic hydroxyl groups is 1. The molecule has 3 rings (SSSR count). The summed E-state index contributed by atoms with van der Waals surface area (Å²) in [7, 11) is 3.02. The molecule has 1 fully saturated rings. The van der Waals surface area contributed by atoms with Crippen LogP contribution in [-0.2, 0) is 14.3 Å². The molecule has 2 N–H and O–H groups in total. The molecule has 29 heavy (non-hydrogen) atoms. The molecule has 2 aromatic carbocycles. The molecule has 0 saturated carbocycles. The molecule has 1 unspecified atom stereocenters. The van der Waals surface area contributed by atoms with E-state index in [-0.39, 0.29) is 30.2 Å². The second-order valence-corrected chi connectivity index (χ2v) is 7.28. The average Bonchev–Trinajstić information content (AvgIpc) is 2.96. The highest BCUT2D eigenvalue weighted by Crippen LogP contribution is 2.40. The molecule has 0 radical (unpaired) electrons. The lowest BCUT2D eigenvalue weighted by Gasteiger charge is -2.25. The van der Waals surface area contributed by atoms with E-state index in [1.807, 2.05) is 0 Å². The Balaban J connectivity index is 2.15. The number of likely N-dealkylation sites (tertiary alicyclic amines) is 1. The Kier molecular flexibility index (Phi) is 6.24. The summed E-state index contributed by atoms with van der Waals surface area (Å²) in [6.45, 7) is 0.408. The maximum absolute atomic E-state index is 12.8. The third kappa shape index (κ3) is 3.99. The molecule has 7 nitrogen and oxygen atoms in total. The number of aliphatic hydroxyl groups excluding tert-OH is 1. The Morgan fingerprint density at radius 3 is 2.41 bits per heavy atom. The van der Waals surface area contributed by atoms with Crippen molar-refractivity contribution in [3.63, 3.8) is 0 Å². The van der Waals surface area contributed by atoms with Crippen LogP contribution in [0, 0.1) is 0 Å². The number of methoxy groups -OCH3 is 2. The molecule has 8 heteroatoms. The monoisotopic (exact) mass is 461 g/mol. The van der Waals surface area contributed by atoms with Crippen LogP contribution in [0.3, 0.4) is 0 Å². The van der Waals surface area contributed by atoms with Gasteiger partial charge in [0.2, 0.25) is 0 Å². The van der Waals surface area contributed by atoms with Gasteiger partial charge in [0.25, 0.3) is 11.7 Å². The fourth-order valence-electron chi connectivity index (χ4n) is 3.27. The standard InChI is InChI=1S/C21H20BrNO6/c1-28-10-9-23-18(12-3-6-14(24)7-4-12)17(20(26)21(23)27)19(25)13-5-8-16(29-2)15(22)11-13/h3-8,11,18,24-25H,9-10H2,1-2H3/b19-17-. The van der Waals surface area contributed by atoms with Crippen molar-refractivity contribution in [2.75, 3.05) is 27.4 Å². The highest BCUT2D eigenvalue weighted by Gasteiger charge is 2.45. The van der Waals surface area contributed by atoms with Gasteiger partial charge in [-0.1, -0.05) is 12.1 Å². The number of ketones is 1. The Morgan fingerprint density at radius 1 is 1.14 bits per heavy atom. The number of Topliss-reactive ketones (excluding diaryl/α,β-unsaturated/α-hetero) is 1. The lowest BCUT2D eigenvalue weighted by molar-refractivity contribution is -0.140. The molecule has 0 aliphatic carbocycles. The number of amides is 1. The zero-order valence-corrected chi connectivity index (χ0v) is 17.5. The van der Waals surface area contributed by atoms with Gasteiger partial charge in [0.15, 0.2) is 0 Å². The summed E-state index contributed by atoms with van der Waals surface area (Å²) in [6, 6.07) is 10.2. The van der Waals surface area contributed by atoms with Gasteiger partial charge in [-0.05, 0) is 51.8 Å². The zero-order chi connectivity index (χ0) is 21.1. The highest BCUT2D eigenvalue weighted by molar-refractivity contribution is 9.10. The summed E-state index contributed by atoms with van der Waals surface area (Å²) >= 11 is 3.36. The van der Waals surface area contributed by atoms with Crippen molar-refractivity contribution in [3.8, 4) is 11.5 Å². The Labute approximate surface area is 176 Å². The molecule has 0 aromatic heterocycles. The lowest BCUT2D eigenvalue weighted by atomic mass is 9.95. The minimum Gasteiger partial charge on any atom is -0.508 e. The molecule has 1 aliphatic rings. The number of phenolic OH excluding ortho intramolecular Hbond substituents is 1. The van der Waals surface area contributed by atoms with Gasteiger partial charge < -0.3 is 24.6 Å². The smallest absolute Gasteiger partial charge is 0.295 e. The topological polar surface area (TPSA) is 96.3 Å².